The largest absolute Gasteiger partial charge is 0.285 e. The van der Waals surface area contributed by atoms with Crippen LogP contribution < -0.4 is 0 Å². The maximum Gasteiger partial charge on any atom is 0.242 e. The van der Waals surface area contributed by atoms with Crippen LogP contribution in [0.2, 0.25) is 0 Å². The lowest BCUT2D eigenvalue weighted by Gasteiger charge is -2.23. The molecule has 1 atom stereocenters. The topological polar surface area (TPSA) is 37.4 Å². The van der Waals surface area contributed by atoms with Crippen LogP contribution in [0.15, 0.2) is 0 Å². The Hall–Kier alpha value is -0.380. The van der Waals surface area contributed by atoms with Gasteiger partial charge in [0.25, 0.3) is 0 Å². The number of nitrogens with zero attached hydrogens (tertiary/aromatic N) is 1. The maximum absolute atomic E-state index is 11.0. The van der Waals surface area contributed by atoms with Crippen LogP contribution in [0.4, 0.5) is 0 Å². The number of hydrogen-bond donors (Lipinski definition) is 0. The van der Waals surface area contributed by atoms with Crippen molar-refractivity contribution in [2.24, 2.45) is 0 Å². The Labute approximate surface area is 67.5 Å². The van der Waals surface area contributed by atoms with Crippen molar-refractivity contribution < 1.29 is 9.59 Å². The third kappa shape index (κ3) is 1.21. The SMILES string of the molecule is CN1C(=O)CCC(Br)C1=O. The molecule has 1 heterocycles. The molecule has 1 saturated heterocycles. The quantitative estimate of drug-likeness (QED) is 0.428. The van der Waals surface area contributed by atoms with Crippen LogP contribution in [0.25, 0.3) is 0 Å². The summed E-state index contributed by atoms with van der Waals surface area (Å²) in [5, 5.41) is 0. The van der Waals surface area contributed by atoms with Crippen molar-refractivity contribution in [1.29, 1.82) is 0 Å². The molecule has 56 valence electrons. The molecule has 0 aromatic rings. The van der Waals surface area contributed by atoms with Crippen molar-refractivity contribution in [1.82, 2.24) is 4.90 Å². The van der Waals surface area contributed by atoms with E-state index in [1.54, 1.807) is 0 Å². The molecule has 2 amide bonds. The highest BCUT2D eigenvalue weighted by atomic mass is 79.9. The minimum atomic E-state index is -0.157. The standard InChI is InChI=1S/C6H8BrNO2/c1-8-5(9)3-2-4(7)6(8)10/h4H,2-3H2,1H3. The van der Waals surface area contributed by atoms with E-state index in [1.807, 2.05) is 0 Å². The van der Waals surface area contributed by atoms with E-state index in [-0.39, 0.29) is 16.6 Å². The number of imide groups is 1. The van der Waals surface area contributed by atoms with Crippen molar-refractivity contribution in [3.05, 3.63) is 0 Å². The van der Waals surface area contributed by atoms with Gasteiger partial charge < -0.3 is 0 Å². The molecule has 0 spiro atoms. The Morgan fingerprint density at radius 1 is 1.60 bits per heavy atom. The zero-order chi connectivity index (χ0) is 7.72. The van der Waals surface area contributed by atoms with Gasteiger partial charge in [-0.25, -0.2) is 0 Å². The molecule has 1 fully saturated rings. The zero-order valence-electron chi connectivity index (χ0n) is 5.63. The lowest BCUT2D eigenvalue weighted by Crippen LogP contribution is -2.42. The zero-order valence-corrected chi connectivity index (χ0v) is 7.22. The maximum atomic E-state index is 11.0. The van der Waals surface area contributed by atoms with Gasteiger partial charge in [0.15, 0.2) is 0 Å². The Morgan fingerprint density at radius 3 is 2.70 bits per heavy atom. The predicted molar refractivity (Wildman–Crippen MR) is 39.7 cm³/mol. The highest BCUT2D eigenvalue weighted by Crippen LogP contribution is 2.17. The number of carbonyl (C=O) groups excluding carboxylic acids is 2. The monoisotopic (exact) mass is 205 g/mol. The molecule has 0 aromatic carbocycles. The summed E-state index contributed by atoms with van der Waals surface area (Å²) in [6, 6.07) is 0. The summed E-state index contributed by atoms with van der Waals surface area (Å²) in [6.45, 7) is 0. The first-order valence-corrected chi connectivity index (χ1v) is 3.99. The van der Waals surface area contributed by atoms with Crippen molar-refractivity contribution >= 4 is 27.7 Å². The normalized spacial score (nSPS) is 27.4. The van der Waals surface area contributed by atoms with Gasteiger partial charge in [-0.05, 0) is 6.42 Å². The molecular weight excluding hydrogens is 198 g/mol. The third-order valence-electron chi connectivity index (χ3n) is 1.58. The average molecular weight is 206 g/mol. The van der Waals surface area contributed by atoms with Gasteiger partial charge in [0.2, 0.25) is 11.8 Å². The summed E-state index contributed by atoms with van der Waals surface area (Å²) in [7, 11) is 1.51. The van der Waals surface area contributed by atoms with E-state index in [4.69, 9.17) is 0 Å². The number of rotatable bonds is 0. The summed E-state index contributed by atoms with van der Waals surface area (Å²) in [5.74, 6) is -0.211. The summed E-state index contributed by atoms with van der Waals surface area (Å²) in [5.41, 5.74) is 0. The van der Waals surface area contributed by atoms with Crippen LogP contribution in [0, 0.1) is 0 Å². The predicted octanol–water partition coefficient (Wildman–Crippen LogP) is 0.529. The van der Waals surface area contributed by atoms with E-state index in [0.717, 1.165) is 0 Å². The molecule has 0 N–H and O–H groups in total. The number of halogens is 1. The average Bonchev–Trinajstić information content (AvgIpc) is 1.93. The Kier molecular flexibility index (Phi) is 2.08. The Balaban J connectivity index is 2.70. The van der Waals surface area contributed by atoms with E-state index in [2.05, 4.69) is 15.9 Å². The van der Waals surface area contributed by atoms with Crippen LogP contribution >= 0.6 is 15.9 Å². The van der Waals surface area contributed by atoms with Gasteiger partial charge in [-0.15, -0.1) is 0 Å². The van der Waals surface area contributed by atoms with E-state index in [0.29, 0.717) is 12.8 Å². The first-order valence-electron chi connectivity index (χ1n) is 3.07. The second-order valence-electron chi connectivity index (χ2n) is 2.30. The summed E-state index contributed by atoms with van der Waals surface area (Å²) < 4.78 is 0. The van der Waals surface area contributed by atoms with E-state index < -0.39 is 0 Å². The molecule has 3 nitrogen and oxygen atoms in total. The molecule has 4 heteroatoms. The number of hydrogen-bond acceptors (Lipinski definition) is 2. The number of carbonyl (C=O) groups is 2. The van der Waals surface area contributed by atoms with Gasteiger partial charge >= 0.3 is 0 Å². The minimum absolute atomic E-state index is 0.0827. The van der Waals surface area contributed by atoms with Gasteiger partial charge in [-0.3, -0.25) is 14.5 Å². The number of amides is 2. The number of likely N-dealkylation sites (tertiary alicyclic amines) is 1. The van der Waals surface area contributed by atoms with Crippen LogP contribution in [-0.4, -0.2) is 28.6 Å². The van der Waals surface area contributed by atoms with E-state index in [1.165, 1.54) is 11.9 Å². The molecular formula is C6H8BrNO2. The second-order valence-corrected chi connectivity index (χ2v) is 3.40. The highest BCUT2D eigenvalue weighted by Gasteiger charge is 2.29. The smallest absolute Gasteiger partial charge is 0.242 e. The van der Waals surface area contributed by atoms with Crippen LogP contribution in [0.5, 0.6) is 0 Å². The van der Waals surface area contributed by atoms with Crippen LogP contribution in [0.1, 0.15) is 12.8 Å². The number of alkyl halides is 1. The molecule has 0 aliphatic carbocycles. The summed E-state index contributed by atoms with van der Waals surface area (Å²) in [6.07, 6.45) is 1.10. The molecule has 1 rings (SSSR count). The molecule has 1 aliphatic rings. The van der Waals surface area contributed by atoms with Crippen molar-refractivity contribution in [3.63, 3.8) is 0 Å². The van der Waals surface area contributed by atoms with E-state index in [9.17, 15) is 9.59 Å². The van der Waals surface area contributed by atoms with Gasteiger partial charge in [0.05, 0.1) is 4.83 Å². The van der Waals surface area contributed by atoms with Gasteiger partial charge in [-0.1, -0.05) is 15.9 Å². The fourth-order valence-corrected chi connectivity index (χ4v) is 1.41. The number of piperidine rings is 1. The molecule has 1 unspecified atom stereocenters. The van der Waals surface area contributed by atoms with Crippen LogP contribution in [0.3, 0.4) is 0 Å². The van der Waals surface area contributed by atoms with E-state index >= 15 is 0 Å². The molecule has 10 heavy (non-hydrogen) atoms. The molecule has 1 aliphatic heterocycles. The summed E-state index contributed by atoms with van der Waals surface area (Å²) in [4.78, 5) is 22.8. The molecule has 0 aromatic heterocycles. The Morgan fingerprint density at radius 2 is 2.20 bits per heavy atom. The molecule has 0 bridgehead atoms. The lowest BCUT2D eigenvalue weighted by molar-refractivity contribution is -0.145. The first kappa shape index (κ1) is 7.72. The van der Waals surface area contributed by atoms with Crippen molar-refractivity contribution in [2.75, 3.05) is 7.05 Å². The molecule has 0 saturated carbocycles. The first-order chi connectivity index (χ1) is 4.63. The highest BCUT2D eigenvalue weighted by molar-refractivity contribution is 9.10. The Bertz CT molecular complexity index is 181. The van der Waals surface area contributed by atoms with Gasteiger partial charge in [0.1, 0.15) is 0 Å². The third-order valence-corrected chi connectivity index (χ3v) is 2.43. The van der Waals surface area contributed by atoms with Gasteiger partial charge in [0, 0.05) is 13.5 Å². The van der Waals surface area contributed by atoms with Crippen molar-refractivity contribution in [3.8, 4) is 0 Å². The second kappa shape index (κ2) is 2.70. The lowest BCUT2D eigenvalue weighted by atomic mass is 10.1. The fraction of sp³-hybridized carbons (Fsp3) is 0.667. The van der Waals surface area contributed by atoms with Crippen molar-refractivity contribution in [2.45, 2.75) is 17.7 Å². The van der Waals surface area contributed by atoms with Crippen LogP contribution in [-0.2, 0) is 9.59 Å². The fourth-order valence-electron chi connectivity index (χ4n) is 0.874. The van der Waals surface area contributed by atoms with Gasteiger partial charge in [-0.2, -0.15) is 0 Å². The molecule has 0 radical (unpaired) electrons. The summed E-state index contributed by atoms with van der Waals surface area (Å²) >= 11 is 3.18. The minimum Gasteiger partial charge on any atom is -0.285 e.